The number of thiophene rings is 1. The Kier molecular flexibility index (Phi) is 4.41. The summed E-state index contributed by atoms with van der Waals surface area (Å²) in [6.45, 7) is 2.29. The van der Waals surface area contributed by atoms with E-state index in [9.17, 15) is 9.59 Å². The minimum atomic E-state index is -0.267. The largest absolute Gasteiger partial charge is 0.320 e. The summed E-state index contributed by atoms with van der Waals surface area (Å²) in [5.41, 5.74) is 1.03. The first kappa shape index (κ1) is 16.3. The Bertz CT molecular complexity index is 946. The van der Waals surface area contributed by atoms with Gasteiger partial charge in [0.2, 0.25) is 0 Å². The molecule has 0 saturated carbocycles. The lowest BCUT2D eigenvalue weighted by molar-refractivity contribution is 0.103. The summed E-state index contributed by atoms with van der Waals surface area (Å²) in [4.78, 5) is 39.0. The Morgan fingerprint density at radius 2 is 2.21 bits per heavy atom. The fourth-order valence-corrected chi connectivity index (χ4v) is 3.50. The summed E-state index contributed by atoms with van der Waals surface area (Å²) in [5.74, 6) is 0.315. The fraction of sp³-hybridized carbons (Fsp3) is 0.250. The predicted molar refractivity (Wildman–Crippen MR) is 94.6 cm³/mol. The molecule has 8 heteroatoms. The van der Waals surface area contributed by atoms with E-state index in [4.69, 9.17) is 0 Å². The lowest BCUT2D eigenvalue weighted by Gasteiger charge is -2.07. The molecule has 0 atom stereocenters. The Labute approximate surface area is 142 Å². The normalized spacial score (nSPS) is 11.2. The molecule has 3 aromatic rings. The van der Waals surface area contributed by atoms with Crippen LogP contribution in [0.15, 0.2) is 29.3 Å². The number of pyridine rings is 1. The number of aromatic amines is 1. The van der Waals surface area contributed by atoms with Crippen LogP contribution >= 0.6 is 11.3 Å². The number of hydrogen-bond acceptors (Lipinski definition) is 6. The first-order valence-electron chi connectivity index (χ1n) is 7.34. The molecule has 24 heavy (non-hydrogen) atoms. The minimum absolute atomic E-state index is 0.217. The Morgan fingerprint density at radius 3 is 2.88 bits per heavy atom. The molecule has 7 nitrogen and oxygen atoms in total. The second-order valence-corrected chi connectivity index (χ2v) is 6.68. The minimum Gasteiger partial charge on any atom is -0.320 e. The van der Waals surface area contributed by atoms with Gasteiger partial charge in [-0.1, -0.05) is 0 Å². The number of aryl methyl sites for hydroxylation is 1. The van der Waals surface area contributed by atoms with E-state index < -0.39 is 0 Å². The number of amides is 1. The van der Waals surface area contributed by atoms with Gasteiger partial charge in [-0.25, -0.2) is 4.98 Å². The molecule has 0 aliphatic rings. The van der Waals surface area contributed by atoms with Crippen molar-refractivity contribution in [2.45, 2.75) is 13.5 Å². The van der Waals surface area contributed by atoms with E-state index in [0.29, 0.717) is 38.7 Å². The quantitative estimate of drug-likeness (QED) is 0.756. The van der Waals surface area contributed by atoms with Crippen LogP contribution in [0.2, 0.25) is 0 Å². The highest BCUT2D eigenvalue weighted by molar-refractivity contribution is 7.20. The highest BCUT2D eigenvalue weighted by Gasteiger charge is 2.19. The van der Waals surface area contributed by atoms with Crippen molar-refractivity contribution < 1.29 is 4.79 Å². The number of aromatic nitrogens is 3. The van der Waals surface area contributed by atoms with E-state index in [1.54, 1.807) is 31.5 Å². The van der Waals surface area contributed by atoms with Crippen molar-refractivity contribution in [2.75, 3.05) is 19.4 Å². The summed E-state index contributed by atoms with van der Waals surface area (Å²) < 4.78 is 0. The van der Waals surface area contributed by atoms with Gasteiger partial charge in [-0.3, -0.25) is 14.6 Å². The molecular formula is C16H17N5O2S. The van der Waals surface area contributed by atoms with Crippen LogP contribution in [0, 0.1) is 6.92 Å². The SMILES string of the molecule is Cc1c(C(=O)Nc2cccnc2)sc2nc(CN(C)C)[nH]c(=O)c12. The molecule has 0 aromatic carbocycles. The van der Waals surface area contributed by atoms with Gasteiger partial charge in [-0.05, 0) is 38.7 Å². The van der Waals surface area contributed by atoms with Crippen molar-refractivity contribution in [1.82, 2.24) is 19.9 Å². The highest BCUT2D eigenvalue weighted by Crippen LogP contribution is 2.27. The molecule has 0 bridgehead atoms. The summed E-state index contributed by atoms with van der Waals surface area (Å²) in [6, 6.07) is 3.50. The fourth-order valence-electron chi connectivity index (χ4n) is 2.40. The second kappa shape index (κ2) is 6.50. The van der Waals surface area contributed by atoms with Gasteiger partial charge in [0, 0.05) is 6.20 Å². The van der Waals surface area contributed by atoms with Crippen LogP contribution in [0.3, 0.4) is 0 Å². The molecule has 3 aromatic heterocycles. The third-order valence-electron chi connectivity index (χ3n) is 3.44. The Balaban J connectivity index is 2.00. The molecular weight excluding hydrogens is 326 g/mol. The molecule has 0 spiro atoms. The van der Waals surface area contributed by atoms with Crippen LogP contribution in [-0.2, 0) is 6.54 Å². The maximum Gasteiger partial charge on any atom is 0.266 e. The van der Waals surface area contributed by atoms with E-state index in [1.807, 2.05) is 19.0 Å². The standard InChI is InChI=1S/C16H17N5O2S/c1-9-12-14(22)19-11(8-21(2)3)20-16(12)24-13(9)15(23)18-10-5-4-6-17-7-10/h4-7H,8H2,1-3H3,(H,18,23)(H,19,20,22). The third kappa shape index (κ3) is 3.19. The van der Waals surface area contributed by atoms with Gasteiger partial charge in [0.25, 0.3) is 11.5 Å². The molecule has 3 heterocycles. The van der Waals surface area contributed by atoms with E-state index in [-0.39, 0.29) is 11.5 Å². The number of nitrogens with zero attached hydrogens (tertiary/aromatic N) is 3. The molecule has 0 aliphatic heterocycles. The van der Waals surface area contributed by atoms with Crippen LogP contribution in [-0.4, -0.2) is 39.9 Å². The maximum absolute atomic E-state index is 12.5. The number of anilines is 1. The van der Waals surface area contributed by atoms with Gasteiger partial charge >= 0.3 is 0 Å². The van der Waals surface area contributed by atoms with Crippen LogP contribution in [0.1, 0.15) is 21.1 Å². The number of rotatable bonds is 4. The monoisotopic (exact) mass is 343 g/mol. The van der Waals surface area contributed by atoms with Crippen LogP contribution in [0.25, 0.3) is 10.2 Å². The average molecular weight is 343 g/mol. The highest BCUT2D eigenvalue weighted by atomic mass is 32.1. The van der Waals surface area contributed by atoms with Crippen LogP contribution < -0.4 is 10.9 Å². The number of H-pyrrole nitrogens is 1. The summed E-state index contributed by atoms with van der Waals surface area (Å²) in [5, 5.41) is 3.26. The first-order valence-corrected chi connectivity index (χ1v) is 8.15. The van der Waals surface area contributed by atoms with Crippen molar-refractivity contribution in [3.05, 3.63) is 51.1 Å². The van der Waals surface area contributed by atoms with Crippen molar-refractivity contribution in [3.63, 3.8) is 0 Å². The van der Waals surface area contributed by atoms with Gasteiger partial charge in [0.15, 0.2) is 0 Å². The molecule has 0 saturated heterocycles. The summed E-state index contributed by atoms with van der Waals surface area (Å²) in [6.07, 6.45) is 3.21. The Morgan fingerprint density at radius 1 is 1.42 bits per heavy atom. The van der Waals surface area contributed by atoms with E-state index in [1.165, 1.54) is 11.3 Å². The summed E-state index contributed by atoms with van der Waals surface area (Å²) in [7, 11) is 3.80. The first-order chi connectivity index (χ1) is 11.5. The molecule has 3 rings (SSSR count). The number of carbonyl (C=O) groups excluding carboxylic acids is 1. The second-order valence-electron chi connectivity index (χ2n) is 5.68. The maximum atomic E-state index is 12.5. The molecule has 0 unspecified atom stereocenters. The molecule has 0 fully saturated rings. The lowest BCUT2D eigenvalue weighted by Crippen LogP contribution is -2.18. The number of hydrogen-bond donors (Lipinski definition) is 2. The van der Waals surface area contributed by atoms with Crippen molar-refractivity contribution in [1.29, 1.82) is 0 Å². The third-order valence-corrected chi connectivity index (χ3v) is 4.63. The smallest absolute Gasteiger partial charge is 0.266 e. The van der Waals surface area contributed by atoms with E-state index in [0.717, 1.165) is 0 Å². The zero-order valence-electron chi connectivity index (χ0n) is 13.6. The van der Waals surface area contributed by atoms with E-state index in [2.05, 4.69) is 20.3 Å². The number of nitrogens with one attached hydrogen (secondary N) is 2. The van der Waals surface area contributed by atoms with Crippen LogP contribution in [0.5, 0.6) is 0 Å². The summed E-state index contributed by atoms with van der Waals surface area (Å²) >= 11 is 1.22. The molecule has 2 N–H and O–H groups in total. The average Bonchev–Trinajstić information content (AvgIpc) is 2.85. The number of carbonyl (C=O) groups is 1. The van der Waals surface area contributed by atoms with Gasteiger partial charge in [-0.2, -0.15) is 0 Å². The molecule has 1 amide bonds. The van der Waals surface area contributed by atoms with Gasteiger partial charge in [0.05, 0.1) is 28.7 Å². The zero-order valence-corrected chi connectivity index (χ0v) is 14.4. The number of fused-ring (bicyclic) bond motifs is 1. The topological polar surface area (TPSA) is 91.0 Å². The van der Waals surface area contributed by atoms with E-state index >= 15 is 0 Å². The van der Waals surface area contributed by atoms with Crippen molar-refractivity contribution in [3.8, 4) is 0 Å². The van der Waals surface area contributed by atoms with Crippen molar-refractivity contribution in [2.24, 2.45) is 0 Å². The molecule has 0 radical (unpaired) electrons. The Hall–Kier alpha value is -2.58. The lowest BCUT2D eigenvalue weighted by atomic mass is 10.2. The van der Waals surface area contributed by atoms with Crippen LogP contribution in [0.4, 0.5) is 5.69 Å². The van der Waals surface area contributed by atoms with Gasteiger partial charge in [-0.15, -0.1) is 11.3 Å². The van der Waals surface area contributed by atoms with Gasteiger partial charge < -0.3 is 15.2 Å². The van der Waals surface area contributed by atoms with Gasteiger partial charge in [0.1, 0.15) is 10.7 Å². The molecule has 124 valence electrons. The molecule has 0 aliphatic carbocycles. The zero-order chi connectivity index (χ0) is 17.3. The van der Waals surface area contributed by atoms with Crippen molar-refractivity contribution >= 4 is 33.1 Å². The predicted octanol–water partition coefficient (Wildman–Crippen LogP) is 2.00.